The second-order valence-electron chi connectivity index (χ2n) is 24.7. The Bertz CT molecular complexity index is 2240. The third-order valence-electron chi connectivity index (χ3n) is 18.3. The van der Waals surface area contributed by atoms with E-state index in [9.17, 15) is 25.2 Å². The van der Waals surface area contributed by atoms with Gasteiger partial charge in [-0.1, -0.05) is 27.7 Å². The van der Waals surface area contributed by atoms with E-state index in [-0.39, 0.29) is 37.3 Å². The Balaban J connectivity index is 1.23. The Morgan fingerprint density at radius 2 is 1.37 bits per heavy atom. The number of amides is 1. The van der Waals surface area contributed by atoms with Crippen molar-refractivity contribution in [3.8, 4) is 0 Å². The molecule has 3 fully saturated rings. The summed E-state index contributed by atoms with van der Waals surface area (Å²) in [6, 6.07) is 31.9. The number of aliphatic hydroxyl groups excluding tert-OH is 2. The molecule has 3 aliphatic heterocycles. The van der Waals surface area contributed by atoms with Gasteiger partial charge in [-0.2, -0.15) is 0 Å². The third-order valence-corrected chi connectivity index (χ3v) is 23.4. The number of aliphatic hydroxyl groups is 4. The van der Waals surface area contributed by atoms with Crippen LogP contribution >= 0.6 is 7.26 Å². The first-order chi connectivity index (χ1) is 37.3. The van der Waals surface area contributed by atoms with E-state index in [1.54, 1.807) is 34.8 Å². The van der Waals surface area contributed by atoms with E-state index in [1.807, 2.05) is 72.5 Å². The van der Waals surface area contributed by atoms with Crippen LogP contribution in [0.4, 0.5) is 4.79 Å². The molecule has 79 heavy (non-hydrogen) atoms. The number of carbonyl (C=O) groups excluding carboxylic acids is 2. The first-order valence-corrected chi connectivity index (χ1v) is 31.5. The first kappa shape index (κ1) is 64.6. The molecular formula is C63H100N3O12P. The van der Waals surface area contributed by atoms with Gasteiger partial charge in [-0.15, -0.1) is 0 Å². The van der Waals surface area contributed by atoms with Crippen LogP contribution in [0.15, 0.2) is 91.0 Å². The Hall–Kier alpha value is -3.57. The molecule has 16 heteroatoms. The molecule has 0 saturated carbocycles. The number of likely N-dealkylation sites (N-methyl/N-ethyl adjacent to an activating group) is 2. The summed E-state index contributed by atoms with van der Waals surface area (Å²) in [6.07, 6.45) is -3.07. The van der Waals surface area contributed by atoms with Crippen molar-refractivity contribution >= 4 is 35.2 Å². The normalized spacial score (nSPS) is 36.8. The quantitative estimate of drug-likeness (QED) is 0.0519. The molecule has 0 radical (unpaired) electrons. The van der Waals surface area contributed by atoms with Crippen molar-refractivity contribution < 1.29 is 58.4 Å². The molecule has 444 valence electrons. The van der Waals surface area contributed by atoms with Gasteiger partial charge in [0.2, 0.25) is 0 Å². The summed E-state index contributed by atoms with van der Waals surface area (Å²) >= 11 is 0. The summed E-state index contributed by atoms with van der Waals surface area (Å²) < 4.78 is 38.7. The molecule has 0 aliphatic carbocycles. The Labute approximate surface area is 473 Å². The molecule has 0 aromatic heterocycles. The molecule has 0 bridgehead atoms. The zero-order valence-corrected chi connectivity index (χ0v) is 51.0. The number of cyclic esters (lactones) is 1. The van der Waals surface area contributed by atoms with Crippen molar-refractivity contribution in [3.63, 3.8) is 0 Å². The van der Waals surface area contributed by atoms with Crippen LogP contribution in [-0.4, -0.2) is 174 Å². The molecule has 3 heterocycles. The molecule has 3 aromatic carbocycles. The van der Waals surface area contributed by atoms with Crippen LogP contribution in [0.2, 0.25) is 0 Å². The molecule has 1 amide bonds. The number of ether oxygens (including phenoxy) is 6. The molecule has 3 aromatic rings. The summed E-state index contributed by atoms with van der Waals surface area (Å²) in [5.74, 6) is -3.19. The van der Waals surface area contributed by atoms with Crippen molar-refractivity contribution in [1.29, 1.82) is 0 Å². The van der Waals surface area contributed by atoms with Gasteiger partial charge in [0.05, 0.1) is 41.5 Å². The van der Waals surface area contributed by atoms with Crippen molar-refractivity contribution in [2.75, 3.05) is 47.5 Å². The number of nitrogens with one attached hydrogen (secondary N) is 1. The molecule has 6 rings (SSSR count). The predicted octanol–water partition coefficient (Wildman–Crippen LogP) is 7.19. The van der Waals surface area contributed by atoms with Crippen LogP contribution in [-0.2, 0) is 33.2 Å². The number of carbonyl (C=O) groups is 2. The van der Waals surface area contributed by atoms with Crippen molar-refractivity contribution in [2.45, 2.75) is 205 Å². The van der Waals surface area contributed by atoms with E-state index >= 15 is 4.79 Å². The van der Waals surface area contributed by atoms with Crippen LogP contribution in [0, 0.1) is 23.7 Å². The van der Waals surface area contributed by atoms with E-state index in [4.69, 9.17) is 28.4 Å². The number of nitrogens with zero attached hydrogens (tertiary/aromatic N) is 2. The molecule has 1 unspecified atom stereocenters. The number of esters is 1. The average Bonchev–Trinajstić information content (AvgIpc) is 3.50. The van der Waals surface area contributed by atoms with Crippen molar-refractivity contribution in [2.24, 2.45) is 23.7 Å². The summed E-state index contributed by atoms with van der Waals surface area (Å²) in [4.78, 5) is 33.0. The van der Waals surface area contributed by atoms with Gasteiger partial charge in [0, 0.05) is 32.0 Å². The number of hydrogen-bond acceptors (Lipinski definition) is 14. The van der Waals surface area contributed by atoms with E-state index in [2.05, 4.69) is 96.3 Å². The van der Waals surface area contributed by atoms with Crippen LogP contribution in [0.5, 0.6) is 0 Å². The summed E-state index contributed by atoms with van der Waals surface area (Å²) in [5, 5.41) is 56.1. The minimum absolute atomic E-state index is 0.191. The molecule has 3 saturated heterocycles. The fourth-order valence-corrected chi connectivity index (χ4v) is 18.7. The SMILES string of the molecule is CC[C@H]1OC(=O)[C@H](C)[C@@H](C2C[C@@](C)(OC)[C@@H](O)[C@H](C)O2)[C@H](C)[C@@H](O[C@@H]2O[C@H](C)C[C@H](N(C)C)[C@H]2O)[C@](C)(O)C[C@@H](C)CN(C)[C@H](C)[C@@H](OC(=O)NCCCCCC[PH](c2ccccc2)(c2ccccc2)c2ccccc2)[C@]1(C)O. The number of unbranched alkanes of at least 4 members (excludes halogenated alkanes) is 3. The summed E-state index contributed by atoms with van der Waals surface area (Å²) in [7, 11) is 4.87. The van der Waals surface area contributed by atoms with Crippen molar-refractivity contribution in [3.05, 3.63) is 91.0 Å². The fraction of sp³-hybridized carbons (Fsp3) is 0.683. The third kappa shape index (κ3) is 15.2. The summed E-state index contributed by atoms with van der Waals surface area (Å²) in [6.45, 7) is 19.0. The van der Waals surface area contributed by atoms with Gasteiger partial charge in [0.1, 0.15) is 12.2 Å². The monoisotopic (exact) mass is 1120 g/mol. The van der Waals surface area contributed by atoms with Crippen LogP contribution < -0.4 is 21.2 Å². The van der Waals surface area contributed by atoms with Gasteiger partial charge in [0.25, 0.3) is 0 Å². The summed E-state index contributed by atoms with van der Waals surface area (Å²) in [5.41, 5.74) is -4.53. The van der Waals surface area contributed by atoms with Gasteiger partial charge in [-0.05, 0) is 79.9 Å². The van der Waals surface area contributed by atoms with E-state index < -0.39 is 109 Å². The average molecular weight is 1120 g/mol. The topological polar surface area (TPSA) is 189 Å². The van der Waals surface area contributed by atoms with Crippen LogP contribution in [0.1, 0.15) is 121 Å². The minimum atomic E-state index is -2.37. The molecule has 5 N–H and O–H groups in total. The van der Waals surface area contributed by atoms with Gasteiger partial charge >= 0.3 is 227 Å². The second-order valence-corrected chi connectivity index (χ2v) is 28.8. The fourth-order valence-electron chi connectivity index (χ4n) is 13.8. The zero-order chi connectivity index (χ0) is 58.0. The number of methoxy groups -OCH3 is 1. The molecule has 15 nitrogen and oxygen atoms in total. The molecule has 0 spiro atoms. The van der Waals surface area contributed by atoms with Gasteiger partial charge in [0.15, 0.2) is 6.29 Å². The van der Waals surface area contributed by atoms with Gasteiger partial charge < -0.3 is 43.9 Å². The number of rotatable bonds is 17. The van der Waals surface area contributed by atoms with Crippen LogP contribution in [0.25, 0.3) is 0 Å². The Morgan fingerprint density at radius 3 is 1.90 bits per heavy atom. The zero-order valence-electron chi connectivity index (χ0n) is 50.0. The van der Waals surface area contributed by atoms with Crippen molar-refractivity contribution in [1.82, 2.24) is 15.1 Å². The molecule has 3 aliphatic rings. The number of benzene rings is 3. The maximum atomic E-state index is 15.0. The maximum absolute atomic E-state index is 15.0. The number of hydrogen-bond donors (Lipinski definition) is 5. The predicted molar refractivity (Wildman–Crippen MR) is 315 cm³/mol. The van der Waals surface area contributed by atoms with Gasteiger partial charge in [-0.25, -0.2) is 0 Å². The molecule has 18 atom stereocenters. The van der Waals surface area contributed by atoms with E-state index in [0.29, 0.717) is 19.5 Å². The number of alkyl carbamates (subject to hydrolysis) is 1. The van der Waals surface area contributed by atoms with E-state index in [0.717, 1.165) is 31.8 Å². The van der Waals surface area contributed by atoms with Gasteiger partial charge in [-0.3, -0.25) is 4.79 Å². The van der Waals surface area contributed by atoms with E-state index in [1.165, 1.54) is 15.9 Å². The Morgan fingerprint density at radius 1 is 0.810 bits per heavy atom. The second kappa shape index (κ2) is 28.1. The van der Waals surface area contributed by atoms with Crippen LogP contribution in [0.3, 0.4) is 0 Å². The Kier molecular flexibility index (Phi) is 23.0. The first-order valence-electron chi connectivity index (χ1n) is 29.3. The molecular weight excluding hydrogens is 1020 g/mol. The standard InChI is InChI=1S/C63H100N3O12P/c1-15-52-63(10,72)57(78-60(70)64-35-27-16-17-28-36-79(47-29-21-18-22-30-47,48-31-23-19-24-32-48)49-33-25-20-26-34-49)45(6)66(13)40-41(2)38-61(8,71)56(77-59-54(67)50(65(11)12)37-42(3)74-59)43(4)53(44(5)58(69)76-52)51-39-62(9,73-14)55(68)46(7)75-51/h18-26,29-34,41-46,50-57,59,67-68,71-72,79H,15-17,27-28,35-40H2,1-14H3,(H,64,70)/t41-,42-,43+,44-,45-,46+,50+,51?,52-,53+,54-,55+,56-,57-,59+,61-,62-,63-/m1/s1.